The Kier molecular flexibility index (Phi) is 4.78. The third kappa shape index (κ3) is 3.52. The second kappa shape index (κ2) is 7.00. The van der Waals surface area contributed by atoms with Crippen molar-refractivity contribution in [1.29, 1.82) is 0 Å². The predicted molar refractivity (Wildman–Crippen MR) is 88.5 cm³/mol. The van der Waals surface area contributed by atoms with Crippen molar-refractivity contribution in [2.45, 2.75) is 32.1 Å². The van der Waals surface area contributed by atoms with Crippen LogP contribution in [0.1, 0.15) is 32.1 Å². The van der Waals surface area contributed by atoms with Gasteiger partial charge in [0.05, 0.1) is 16.8 Å². The van der Waals surface area contributed by atoms with Gasteiger partial charge in [-0.3, -0.25) is 29.4 Å². The molecule has 1 saturated carbocycles. The number of hydrogen-bond acceptors (Lipinski definition) is 5. The van der Waals surface area contributed by atoms with Crippen molar-refractivity contribution in [2.24, 2.45) is 11.8 Å². The van der Waals surface area contributed by atoms with Crippen LogP contribution in [0.25, 0.3) is 0 Å². The summed E-state index contributed by atoms with van der Waals surface area (Å²) in [4.78, 5) is 48.1. The Bertz CT molecular complexity index is 709. The van der Waals surface area contributed by atoms with Crippen molar-refractivity contribution < 1.29 is 19.3 Å². The molecule has 2 aliphatic rings. The van der Waals surface area contributed by atoms with Gasteiger partial charge in [0.2, 0.25) is 17.7 Å². The Hall–Kier alpha value is -2.77. The number of carbonyl (C=O) groups excluding carboxylic acids is 3. The third-order valence-corrected chi connectivity index (χ3v) is 4.84. The summed E-state index contributed by atoms with van der Waals surface area (Å²) in [7, 11) is 0. The standard InChI is InChI=1S/C17H19N3O5/c21-15(18-11-4-3-5-12(10-11)20(24)25)8-9-19-16(22)13-6-1-2-7-14(13)17(19)23/h3-5,10,13-14H,1-2,6-9H2,(H,18,21)/t13-,14-/m1/s1. The molecular weight excluding hydrogens is 326 g/mol. The summed E-state index contributed by atoms with van der Waals surface area (Å²) >= 11 is 0. The molecular formula is C17H19N3O5. The Morgan fingerprint density at radius 2 is 1.84 bits per heavy atom. The molecule has 0 unspecified atom stereocenters. The molecule has 2 fully saturated rings. The number of hydrogen-bond donors (Lipinski definition) is 1. The SMILES string of the molecule is O=C(CCN1C(=O)[C@@H]2CCCC[C@H]2C1=O)Nc1cccc([N+](=O)[O-])c1. The molecule has 1 saturated heterocycles. The van der Waals surface area contributed by atoms with Gasteiger partial charge in [-0.2, -0.15) is 0 Å². The number of nitrogens with zero attached hydrogens (tertiary/aromatic N) is 2. The van der Waals surface area contributed by atoms with E-state index in [0.717, 1.165) is 25.7 Å². The van der Waals surface area contributed by atoms with Gasteiger partial charge in [-0.25, -0.2) is 0 Å². The van der Waals surface area contributed by atoms with E-state index in [1.54, 1.807) is 6.07 Å². The number of likely N-dealkylation sites (tertiary alicyclic amines) is 1. The van der Waals surface area contributed by atoms with Crippen LogP contribution in [0.5, 0.6) is 0 Å². The number of carbonyl (C=O) groups is 3. The first-order chi connectivity index (χ1) is 12.0. The molecule has 3 rings (SSSR count). The zero-order valence-corrected chi connectivity index (χ0v) is 13.6. The molecule has 3 amide bonds. The first-order valence-corrected chi connectivity index (χ1v) is 8.37. The van der Waals surface area contributed by atoms with Crippen molar-refractivity contribution in [2.75, 3.05) is 11.9 Å². The van der Waals surface area contributed by atoms with E-state index >= 15 is 0 Å². The Morgan fingerprint density at radius 3 is 2.44 bits per heavy atom. The lowest BCUT2D eigenvalue weighted by Crippen LogP contribution is -2.34. The largest absolute Gasteiger partial charge is 0.326 e. The lowest BCUT2D eigenvalue weighted by atomic mass is 9.81. The zero-order chi connectivity index (χ0) is 18.0. The minimum atomic E-state index is -0.543. The molecule has 2 atom stereocenters. The number of nitro benzene ring substituents is 1. The van der Waals surface area contributed by atoms with Crippen LogP contribution in [0.2, 0.25) is 0 Å². The number of rotatable bonds is 5. The van der Waals surface area contributed by atoms with Crippen LogP contribution in [0, 0.1) is 22.0 Å². The molecule has 8 nitrogen and oxygen atoms in total. The number of nitro groups is 1. The molecule has 132 valence electrons. The first kappa shape index (κ1) is 17.1. The van der Waals surface area contributed by atoms with Crippen LogP contribution in [-0.4, -0.2) is 34.1 Å². The van der Waals surface area contributed by atoms with Crippen LogP contribution in [0.3, 0.4) is 0 Å². The first-order valence-electron chi connectivity index (χ1n) is 8.37. The number of non-ortho nitro benzene ring substituents is 1. The van der Waals surface area contributed by atoms with Crippen LogP contribution >= 0.6 is 0 Å². The van der Waals surface area contributed by atoms with Gasteiger partial charge >= 0.3 is 0 Å². The van der Waals surface area contributed by atoms with E-state index in [1.165, 1.54) is 23.1 Å². The quantitative estimate of drug-likeness (QED) is 0.499. The molecule has 0 spiro atoms. The number of amides is 3. The molecule has 1 aromatic carbocycles. The number of nitrogens with one attached hydrogen (secondary N) is 1. The highest BCUT2D eigenvalue weighted by Gasteiger charge is 2.47. The van der Waals surface area contributed by atoms with E-state index in [9.17, 15) is 24.5 Å². The molecule has 1 N–H and O–H groups in total. The molecule has 0 aromatic heterocycles. The fourth-order valence-corrected chi connectivity index (χ4v) is 3.59. The fourth-order valence-electron chi connectivity index (χ4n) is 3.59. The molecule has 0 bridgehead atoms. The number of imide groups is 1. The van der Waals surface area contributed by atoms with Gasteiger partial charge in [-0.05, 0) is 18.9 Å². The minimum absolute atomic E-state index is 0.0282. The van der Waals surface area contributed by atoms with E-state index in [0.29, 0.717) is 5.69 Å². The third-order valence-electron chi connectivity index (χ3n) is 4.84. The molecule has 25 heavy (non-hydrogen) atoms. The highest BCUT2D eigenvalue weighted by molar-refractivity contribution is 6.05. The average molecular weight is 345 g/mol. The molecule has 1 aromatic rings. The van der Waals surface area contributed by atoms with Gasteiger partial charge in [-0.1, -0.05) is 18.9 Å². The predicted octanol–water partition coefficient (Wildman–Crippen LogP) is 2.10. The smallest absolute Gasteiger partial charge is 0.271 e. The summed E-state index contributed by atoms with van der Waals surface area (Å²) in [6.07, 6.45) is 3.37. The normalized spacial score (nSPS) is 22.6. The highest BCUT2D eigenvalue weighted by atomic mass is 16.6. The minimum Gasteiger partial charge on any atom is -0.326 e. The van der Waals surface area contributed by atoms with Crippen LogP contribution in [0.15, 0.2) is 24.3 Å². The van der Waals surface area contributed by atoms with E-state index in [2.05, 4.69) is 5.32 Å². The van der Waals surface area contributed by atoms with E-state index in [1.807, 2.05) is 0 Å². The Morgan fingerprint density at radius 1 is 1.20 bits per heavy atom. The second-order valence-corrected chi connectivity index (χ2v) is 6.43. The lowest BCUT2D eigenvalue weighted by Gasteiger charge is -2.19. The van der Waals surface area contributed by atoms with Crippen LogP contribution in [0.4, 0.5) is 11.4 Å². The zero-order valence-electron chi connectivity index (χ0n) is 13.6. The summed E-state index contributed by atoms with van der Waals surface area (Å²) in [5.74, 6) is -1.17. The maximum atomic E-state index is 12.3. The number of anilines is 1. The number of benzene rings is 1. The maximum absolute atomic E-state index is 12.3. The molecule has 8 heteroatoms. The fraction of sp³-hybridized carbons (Fsp3) is 0.471. The molecule has 1 aliphatic heterocycles. The Balaban J connectivity index is 1.57. The summed E-state index contributed by atoms with van der Waals surface area (Å²) < 4.78 is 0. The maximum Gasteiger partial charge on any atom is 0.271 e. The van der Waals surface area contributed by atoms with Gasteiger partial charge in [-0.15, -0.1) is 0 Å². The van der Waals surface area contributed by atoms with Crippen molar-refractivity contribution >= 4 is 29.1 Å². The van der Waals surface area contributed by atoms with Crippen molar-refractivity contribution in [3.8, 4) is 0 Å². The summed E-state index contributed by atoms with van der Waals surface area (Å²) in [5.41, 5.74) is 0.193. The van der Waals surface area contributed by atoms with Gasteiger partial charge < -0.3 is 5.32 Å². The molecule has 1 heterocycles. The molecule has 0 radical (unpaired) electrons. The van der Waals surface area contributed by atoms with E-state index < -0.39 is 10.8 Å². The van der Waals surface area contributed by atoms with Gasteiger partial charge in [0.25, 0.3) is 5.69 Å². The lowest BCUT2D eigenvalue weighted by molar-refractivity contribution is -0.384. The summed E-state index contributed by atoms with van der Waals surface area (Å²) in [6.45, 7) is 0.0471. The topological polar surface area (TPSA) is 110 Å². The van der Waals surface area contributed by atoms with Crippen molar-refractivity contribution in [1.82, 2.24) is 4.90 Å². The van der Waals surface area contributed by atoms with E-state index in [4.69, 9.17) is 0 Å². The van der Waals surface area contributed by atoms with Crippen LogP contribution < -0.4 is 5.32 Å². The van der Waals surface area contributed by atoms with Crippen LogP contribution in [-0.2, 0) is 14.4 Å². The average Bonchev–Trinajstić information content (AvgIpc) is 2.85. The van der Waals surface area contributed by atoms with Crippen molar-refractivity contribution in [3.05, 3.63) is 34.4 Å². The van der Waals surface area contributed by atoms with E-state index in [-0.39, 0.29) is 42.3 Å². The van der Waals surface area contributed by atoms with Gasteiger partial charge in [0, 0.05) is 30.8 Å². The Labute approximate surface area is 144 Å². The van der Waals surface area contributed by atoms with Gasteiger partial charge in [0.1, 0.15) is 0 Å². The summed E-state index contributed by atoms with van der Waals surface area (Å²) in [6, 6.07) is 5.62. The summed E-state index contributed by atoms with van der Waals surface area (Å²) in [5, 5.41) is 13.3. The highest BCUT2D eigenvalue weighted by Crippen LogP contribution is 2.37. The second-order valence-electron chi connectivity index (χ2n) is 6.43. The monoisotopic (exact) mass is 345 g/mol. The van der Waals surface area contributed by atoms with Gasteiger partial charge in [0.15, 0.2) is 0 Å². The number of fused-ring (bicyclic) bond motifs is 1. The molecule has 1 aliphatic carbocycles. The van der Waals surface area contributed by atoms with Crippen molar-refractivity contribution in [3.63, 3.8) is 0 Å².